The van der Waals surface area contributed by atoms with Crippen LogP contribution in [0.3, 0.4) is 0 Å². The molecule has 1 aliphatic heterocycles. The third-order valence-corrected chi connectivity index (χ3v) is 4.43. The molecule has 1 aliphatic rings. The average molecular weight is 341 g/mol. The highest BCUT2D eigenvalue weighted by molar-refractivity contribution is 5.64. The van der Waals surface area contributed by atoms with E-state index in [2.05, 4.69) is 15.1 Å². The quantitative estimate of drug-likeness (QED) is 0.884. The van der Waals surface area contributed by atoms with Crippen molar-refractivity contribution in [1.82, 2.24) is 20.0 Å². The largest absolute Gasteiger partial charge is 0.465 e. The molecule has 0 unspecified atom stereocenters. The Balaban J connectivity index is 1.49. The first-order valence-corrected chi connectivity index (χ1v) is 8.28. The molecule has 1 saturated heterocycles. The summed E-state index contributed by atoms with van der Waals surface area (Å²) < 4.78 is 5.30. The molecule has 25 heavy (non-hydrogen) atoms. The van der Waals surface area contributed by atoms with Crippen molar-refractivity contribution in [3.8, 4) is 6.07 Å². The number of amides is 1. The number of pyridine rings is 1. The van der Waals surface area contributed by atoms with Crippen LogP contribution in [0.1, 0.15) is 35.8 Å². The number of rotatable bonds is 5. The summed E-state index contributed by atoms with van der Waals surface area (Å²) in [5.41, 5.74) is 1.41. The second-order valence-corrected chi connectivity index (χ2v) is 6.18. The highest BCUT2D eigenvalue weighted by atomic mass is 16.5. The second kappa shape index (κ2) is 7.75. The second-order valence-electron chi connectivity index (χ2n) is 6.18. The molecular weight excluding hydrogens is 322 g/mol. The van der Waals surface area contributed by atoms with Gasteiger partial charge in [-0.25, -0.2) is 9.78 Å². The van der Waals surface area contributed by atoms with Gasteiger partial charge in [0.2, 0.25) is 5.89 Å². The molecule has 0 aromatic carbocycles. The Labute approximate surface area is 145 Å². The van der Waals surface area contributed by atoms with Crippen molar-refractivity contribution in [2.24, 2.45) is 5.92 Å². The van der Waals surface area contributed by atoms with Crippen molar-refractivity contribution in [3.05, 3.63) is 41.3 Å². The van der Waals surface area contributed by atoms with E-state index < -0.39 is 6.09 Å². The monoisotopic (exact) mass is 341 g/mol. The topological polar surface area (TPSA) is 116 Å². The van der Waals surface area contributed by atoms with Crippen LogP contribution in [0.4, 0.5) is 4.79 Å². The number of piperidine rings is 1. The van der Waals surface area contributed by atoms with E-state index in [-0.39, 0.29) is 0 Å². The van der Waals surface area contributed by atoms with Gasteiger partial charge in [-0.05, 0) is 42.9 Å². The van der Waals surface area contributed by atoms with Gasteiger partial charge in [-0.15, -0.1) is 0 Å². The fourth-order valence-electron chi connectivity index (χ4n) is 3.00. The van der Waals surface area contributed by atoms with Crippen molar-refractivity contribution in [2.75, 3.05) is 13.1 Å². The predicted octanol–water partition coefficient (Wildman–Crippen LogP) is 2.05. The molecule has 3 rings (SSSR count). The van der Waals surface area contributed by atoms with Gasteiger partial charge in [-0.1, -0.05) is 5.16 Å². The summed E-state index contributed by atoms with van der Waals surface area (Å²) in [6, 6.07) is 5.65. The fourth-order valence-corrected chi connectivity index (χ4v) is 3.00. The van der Waals surface area contributed by atoms with E-state index in [9.17, 15) is 4.79 Å². The Bertz CT molecular complexity index is 775. The summed E-state index contributed by atoms with van der Waals surface area (Å²) in [6.45, 7) is 1.13. The molecule has 8 nitrogen and oxygen atoms in total. The maximum absolute atomic E-state index is 10.9. The highest BCUT2D eigenvalue weighted by Gasteiger charge is 2.23. The zero-order valence-corrected chi connectivity index (χ0v) is 13.8. The zero-order chi connectivity index (χ0) is 17.6. The van der Waals surface area contributed by atoms with Crippen LogP contribution in [0.25, 0.3) is 0 Å². The molecule has 0 atom stereocenters. The number of aromatic nitrogens is 3. The van der Waals surface area contributed by atoms with Gasteiger partial charge < -0.3 is 14.5 Å². The lowest BCUT2D eigenvalue weighted by Gasteiger charge is -2.29. The molecule has 8 heteroatoms. The molecule has 2 aromatic rings. The van der Waals surface area contributed by atoms with Crippen LogP contribution in [0, 0.1) is 17.2 Å². The maximum Gasteiger partial charge on any atom is 0.407 e. The lowest BCUT2D eigenvalue weighted by atomic mass is 9.93. The molecule has 0 bridgehead atoms. The molecule has 130 valence electrons. The highest BCUT2D eigenvalue weighted by Crippen LogP contribution is 2.20. The van der Waals surface area contributed by atoms with Gasteiger partial charge in [-0.3, -0.25) is 0 Å². The number of nitriles is 1. The summed E-state index contributed by atoms with van der Waals surface area (Å²) in [5, 5.41) is 21.9. The van der Waals surface area contributed by atoms with Crippen LogP contribution in [0.2, 0.25) is 0 Å². The summed E-state index contributed by atoms with van der Waals surface area (Å²) in [5.74, 6) is 1.64. The van der Waals surface area contributed by atoms with Gasteiger partial charge in [0.25, 0.3) is 0 Å². The lowest BCUT2D eigenvalue weighted by molar-refractivity contribution is 0.124. The van der Waals surface area contributed by atoms with E-state index >= 15 is 0 Å². The molecule has 2 aromatic heterocycles. The van der Waals surface area contributed by atoms with Gasteiger partial charge >= 0.3 is 6.09 Å². The Morgan fingerprint density at radius 3 is 2.92 bits per heavy atom. The third kappa shape index (κ3) is 4.53. The molecular formula is C17H19N5O3. The average Bonchev–Trinajstić information content (AvgIpc) is 3.08. The van der Waals surface area contributed by atoms with Crippen LogP contribution >= 0.6 is 0 Å². The SMILES string of the molecule is N#Cc1cc(CCc2nc(CC3CCN(C(=O)O)CC3)no2)ccn1. The molecule has 0 radical (unpaired) electrons. The van der Waals surface area contributed by atoms with Crippen molar-refractivity contribution >= 4 is 6.09 Å². The predicted molar refractivity (Wildman–Crippen MR) is 86.7 cm³/mol. The van der Waals surface area contributed by atoms with Crippen LogP contribution in [-0.2, 0) is 19.3 Å². The van der Waals surface area contributed by atoms with Gasteiger partial charge in [0.15, 0.2) is 5.82 Å². The number of aryl methyl sites for hydroxylation is 2. The normalized spacial score (nSPS) is 15.1. The van der Waals surface area contributed by atoms with E-state index in [0.717, 1.165) is 18.4 Å². The Kier molecular flexibility index (Phi) is 5.23. The van der Waals surface area contributed by atoms with E-state index in [0.29, 0.717) is 55.7 Å². The zero-order valence-electron chi connectivity index (χ0n) is 13.8. The van der Waals surface area contributed by atoms with Crippen LogP contribution in [0.15, 0.2) is 22.9 Å². The first-order chi connectivity index (χ1) is 12.1. The van der Waals surface area contributed by atoms with E-state index in [1.54, 1.807) is 12.3 Å². The van der Waals surface area contributed by atoms with E-state index in [1.165, 1.54) is 4.90 Å². The number of hydrogen-bond donors (Lipinski definition) is 1. The number of hydrogen-bond acceptors (Lipinski definition) is 6. The third-order valence-electron chi connectivity index (χ3n) is 4.43. The minimum atomic E-state index is -0.851. The summed E-state index contributed by atoms with van der Waals surface area (Å²) in [7, 11) is 0. The number of carbonyl (C=O) groups is 1. The van der Waals surface area contributed by atoms with Crippen molar-refractivity contribution in [3.63, 3.8) is 0 Å². The van der Waals surface area contributed by atoms with Crippen molar-refractivity contribution in [2.45, 2.75) is 32.1 Å². The summed E-state index contributed by atoms with van der Waals surface area (Å²) in [6.07, 6.45) is 4.45. The lowest BCUT2D eigenvalue weighted by Crippen LogP contribution is -2.37. The number of carboxylic acid groups (broad SMARTS) is 1. The van der Waals surface area contributed by atoms with Crippen molar-refractivity contribution < 1.29 is 14.4 Å². The van der Waals surface area contributed by atoms with Gasteiger partial charge in [-0.2, -0.15) is 10.2 Å². The van der Waals surface area contributed by atoms with Crippen LogP contribution < -0.4 is 0 Å². The Morgan fingerprint density at radius 1 is 1.40 bits per heavy atom. The van der Waals surface area contributed by atoms with Crippen LogP contribution in [-0.4, -0.2) is 44.3 Å². The first-order valence-electron chi connectivity index (χ1n) is 8.28. The molecule has 0 spiro atoms. The number of likely N-dealkylation sites (tertiary alicyclic amines) is 1. The Morgan fingerprint density at radius 2 is 2.20 bits per heavy atom. The minimum absolute atomic E-state index is 0.388. The minimum Gasteiger partial charge on any atom is -0.465 e. The summed E-state index contributed by atoms with van der Waals surface area (Å²) in [4.78, 5) is 20.7. The molecule has 0 saturated carbocycles. The van der Waals surface area contributed by atoms with E-state index in [1.807, 2.05) is 12.1 Å². The maximum atomic E-state index is 10.9. The molecule has 3 heterocycles. The Hall–Kier alpha value is -2.95. The molecule has 0 aliphatic carbocycles. The summed E-state index contributed by atoms with van der Waals surface area (Å²) >= 11 is 0. The van der Waals surface area contributed by atoms with Gasteiger partial charge in [0, 0.05) is 32.1 Å². The first kappa shape index (κ1) is 16.9. The molecule has 1 N–H and O–H groups in total. The van der Waals surface area contributed by atoms with Crippen molar-refractivity contribution in [1.29, 1.82) is 5.26 Å². The molecule has 1 amide bonds. The van der Waals surface area contributed by atoms with Gasteiger partial charge in [0.1, 0.15) is 11.8 Å². The standard InChI is InChI=1S/C17H19N5O3/c18-11-14-9-12(3-6-19-14)1-2-16-20-15(21-25-16)10-13-4-7-22(8-5-13)17(23)24/h3,6,9,13H,1-2,4-5,7-8,10H2,(H,23,24). The van der Waals surface area contributed by atoms with Gasteiger partial charge in [0.05, 0.1) is 0 Å². The smallest absolute Gasteiger partial charge is 0.407 e. The van der Waals surface area contributed by atoms with Crippen LogP contribution in [0.5, 0.6) is 0 Å². The fraction of sp³-hybridized carbons (Fsp3) is 0.471. The molecule has 1 fully saturated rings. The number of nitrogens with zero attached hydrogens (tertiary/aromatic N) is 5. The van der Waals surface area contributed by atoms with E-state index in [4.69, 9.17) is 14.9 Å².